The Morgan fingerprint density at radius 2 is 2.10 bits per heavy atom. The third kappa shape index (κ3) is 3.85. The van der Waals surface area contributed by atoms with Crippen molar-refractivity contribution in [3.63, 3.8) is 0 Å². The van der Waals surface area contributed by atoms with Gasteiger partial charge in [0.1, 0.15) is 11.6 Å². The van der Waals surface area contributed by atoms with Gasteiger partial charge in [0.25, 0.3) is 0 Å². The summed E-state index contributed by atoms with van der Waals surface area (Å²) in [5.74, 6) is -2.00. The first kappa shape index (κ1) is 16.0. The molecule has 2 N–H and O–H groups in total. The van der Waals surface area contributed by atoms with Crippen LogP contribution in [0.2, 0.25) is 0 Å². The first-order valence-electron chi connectivity index (χ1n) is 6.60. The molecule has 0 spiro atoms. The maximum absolute atomic E-state index is 13.8. The van der Waals surface area contributed by atoms with E-state index in [4.69, 9.17) is 0 Å². The Bertz CT molecular complexity index is 580. The third-order valence-corrected chi connectivity index (χ3v) is 4.14. The minimum absolute atomic E-state index is 0.0705. The standard InChI is InChI=1S/C14H15BrF2N2O2/c1-7(9-4-12(17)10(15)5-11(9)16)18-6-8-2-3-13(20)19-14(8)21/h4-5,7-8,18H,2-3,6H2,1H3,(H,19,20,21). The van der Waals surface area contributed by atoms with E-state index in [-0.39, 0.29) is 27.8 Å². The topological polar surface area (TPSA) is 58.2 Å². The SMILES string of the molecule is CC(NCC1CCC(=O)NC1=O)c1cc(F)c(Br)cc1F. The molecule has 1 heterocycles. The zero-order chi connectivity index (χ0) is 15.6. The molecule has 2 unspecified atom stereocenters. The van der Waals surface area contributed by atoms with Gasteiger partial charge < -0.3 is 5.32 Å². The van der Waals surface area contributed by atoms with Gasteiger partial charge in [-0.25, -0.2) is 8.78 Å². The van der Waals surface area contributed by atoms with Crippen LogP contribution in [0.15, 0.2) is 16.6 Å². The van der Waals surface area contributed by atoms with E-state index in [0.717, 1.165) is 12.1 Å². The van der Waals surface area contributed by atoms with Crippen molar-refractivity contribution in [3.8, 4) is 0 Å². The van der Waals surface area contributed by atoms with Gasteiger partial charge in [-0.3, -0.25) is 14.9 Å². The van der Waals surface area contributed by atoms with E-state index >= 15 is 0 Å². The van der Waals surface area contributed by atoms with Crippen molar-refractivity contribution >= 4 is 27.7 Å². The van der Waals surface area contributed by atoms with E-state index in [1.165, 1.54) is 0 Å². The summed E-state index contributed by atoms with van der Waals surface area (Å²) in [5, 5.41) is 5.27. The molecule has 2 atom stereocenters. The highest BCUT2D eigenvalue weighted by Gasteiger charge is 2.27. The Morgan fingerprint density at radius 1 is 1.38 bits per heavy atom. The number of carbonyl (C=O) groups is 2. The first-order chi connectivity index (χ1) is 9.88. The minimum atomic E-state index is -0.541. The van der Waals surface area contributed by atoms with E-state index in [9.17, 15) is 18.4 Å². The van der Waals surface area contributed by atoms with Crippen LogP contribution in [-0.4, -0.2) is 18.4 Å². The largest absolute Gasteiger partial charge is 0.309 e. The molecule has 0 aromatic heterocycles. The van der Waals surface area contributed by atoms with Crippen LogP contribution in [0.25, 0.3) is 0 Å². The van der Waals surface area contributed by atoms with Crippen LogP contribution in [-0.2, 0) is 9.59 Å². The Morgan fingerprint density at radius 3 is 2.76 bits per heavy atom. The number of hydrogen-bond acceptors (Lipinski definition) is 3. The summed E-state index contributed by atoms with van der Waals surface area (Å²) in [6.45, 7) is 2.00. The molecule has 114 valence electrons. The van der Waals surface area contributed by atoms with Gasteiger partial charge in [0.15, 0.2) is 0 Å². The molecule has 1 saturated heterocycles. The van der Waals surface area contributed by atoms with Gasteiger partial charge in [0.05, 0.1) is 10.4 Å². The van der Waals surface area contributed by atoms with Crippen LogP contribution in [0.3, 0.4) is 0 Å². The maximum Gasteiger partial charge on any atom is 0.230 e. The average Bonchev–Trinajstić information content (AvgIpc) is 2.41. The lowest BCUT2D eigenvalue weighted by Crippen LogP contribution is -2.44. The molecule has 2 rings (SSSR count). The quantitative estimate of drug-likeness (QED) is 0.640. The van der Waals surface area contributed by atoms with E-state index < -0.39 is 17.7 Å². The van der Waals surface area contributed by atoms with Gasteiger partial charge in [-0.2, -0.15) is 0 Å². The number of rotatable bonds is 4. The normalized spacial score (nSPS) is 20.3. The van der Waals surface area contributed by atoms with Crippen LogP contribution < -0.4 is 10.6 Å². The highest BCUT2D eigenvalue weighted by molar-refractivity contribution is 9.10. The monoisotopic (exact) mass is 360 g/mol. The van der Waals surface area contributed by atoms with Crippen molar-refractivity contribution in [2.75, 3.05) is 6.54 Å². The lowest BCUT2D eigenvalue weighted by molar-refractivity contribution is -0.136. The molecule has 21 heavy (non-hydrogen) atoms. The summed E-state index contributed by atoms with van der Waals surface area (Å²) in [6, 6.07) is 1.76. The minimum Gasteiger partial charge on any atom is -0.309 e. The van der Waals surface area contributed by atoms with Crippen molar-refractivity contribution in [3.05, 3.63) is 33.8 Å². The summed E-state index contributed by atoms with van der Waals surface area (Å²) in [5.41, 5.74) is 0.197. The third-order valence-electron chi connectivity index (χ3n) is 3.53. The molecule has 1 aromatic rings. The molecule has 0 aliphatic carbocycles. The van der Waals surface area contributed by atoms with E-state index in [2.05, 4.69) is 26.6 Å². The summed E-state index contributed by atoms with van der Waals surface area (Å²) in [4.78, 5) is 22.7. The zero-order valence-corrected chi connectivity index (χ0v) is 13.0. The number of benzene rings is 1. The fourth-order valence-electron chi connectivity index (χ4n) is 2.23. The van der Waals surface area contributed by atoms with Gasteiger partial charge in [0.2, 0.25) is 11.8 Å². The molecule has 0 radical (unpaired) electrons. The van der Waals surface area contributed by atoms with Crippen molar-refractivity contribution in [2.45, 2.75) is 25.8 Å². The average molecular weight is 361 g/mol. The van der Waals surface area contributed by atoms with Gasteiger partial charge in [0, 0.05) is 24.6 Å². The van der Waals surface area contributed by atoms with Gasteiger partial charge in [-0.15, -0.1) is 0 Å². The van der Waals surface area contributed by atoms with Crippen LogP contribution in [0.1, 0.15) is 31.4 Å². The van der Waals surface area contributed by atoms with Crippen molar-refractivity contribution in [2.24, 2.45) is 5.92 Å². The lowest BCUT2D eigenvalue weighted by Gasteiger charge is -2.23. The van der Waals surface area contributed by atoms with Gasteiger partial charge >= 0.3 is 0 Å². The molecule has 1 fully saturated rings. The summed E-state index contributed by atoms with van der Waals surface area (Å²) < 4.78 is 27.4. The summed E-state index contributed by atoms with van der Waals surface area (Å²) in [6.07, 6.45) is 0.759. The number of carbonyl (C=O) groups excluding carboxylic acids is 2. The van der Waals surface area contributed by atoms with Crippen LogP contribution >= 0.6 is 15.9 Å². The Hall–Kier alpha value is -1.34. The number of piperidine rings is 1. The van der Waals surface area contributed by atoms with Crippen molar-refractivity contribution in [1.29, 1.82) is 0 Å². The highest BCUT2D eigenvalue weighted by atomic mass is 79.9. The number of amides is 2. The summed E-state index contributed by atoms with van der Waals surface area (Å²) in [7, 11) is 0. The number of halogens is 3. The van der Waals surface area contributed by atoms with Crippen LogP contribution in [0.4, 0.5) is 8.78 Å². The van der Waals surface area contributed by atoms with Gasteiger partial charge in [-0.1, -0.05) is 0 Å². The summed E-state index contributed by atoms with van der Waals surface area (Å²) >= 11 is 2.92. The van der Waals surface area contributed by atoms with Crippen LogP contribution in [0, 0.1) is 17.6 Å². The highest BCUT2D eigenvalue weighted by Crippen LogP contribution is 2.24. The van der Waals surface area contributed by atoms with E-state index in [0.29, 0.717) is 19.4 Å². The Labute approximate surface area is 129 Å². The number of nitrogens with one attached hydrogen (secondary N) is 2. The van der Waals surface area contributed by atoms with E-state index in [1.807, 2.05) is 0 Å². The second-order valence-corrected chi connectivity index (χ2v) is 5.92. The van der Waals surface area contributed by atoms with Crippen molar-refractivity contribution < 1.29 is 18.4 Å². The fourth-order valence-corrected chi connectivity index (χ4v) is 2.55. The van der Waals surface area contributed by atoms with Gasteiger partial charge in [-0.05, 0) is 41.4 Å². The molecular formula is C14H15BrF2N2O2. The van der Waals surface area contributed by atoms with Crippen LogP contribution in [0.5, 0.6) is 0 Å². The first-order valence-corrected chi connectivity index (χ1v) is 7.39. The smallest absolute Gasteiger partial charge is 0.230 e. The molecule has 1 aliphatic rings. The molecule has 7 heteroatoms. The maximum atomic E-state index is 13.8. The molecular weight excluding hydrogens is 346 g/mol. The predicted molar refractivity (Wildman–Crippen MR) is 76.3 cm³/mol. The molecule has 0 bridgehead atoms. The zero-order valence-electron chi connectivity index (χ0n) is 11.4. The number of hydrogen-bond donors (Lipinski definition) is 2. The second kappa shape index (κ2) is 6.62. The Kier molecular flexibility index (Phi) is 5.05. The molecule has 4 nitrogen and oxygen atoms in total. The Balaban J connectivity index is 1.99. The van der Waals surface area contributed by atoms with Crippen molar-refractivity contribution in [1.82, 2.24) is 10.6 Å². The second-order valence-electron chi connectivity index (χ2n) is 5.07. The molecule has 1 aromatic carbocycles. The molecule has 1 aliphatic heterocycles. The predicted octanol–water partition coefficient (Wildman–Crippen LogP) is 2.43. The van der Waals surface area contributed by atoms with E-state index in [1.54, 1.807) is 6.92 Å². The molecule has 2 amide bonds. The lowest BCUT2D eigenvalue weighted by atomic mass is 9.97. The molecule has 0 saturated carbocycles. The fraction of sp³-hybridized carbons (Fsp3) is 0.429. The number of imide groups is 1.